The van der Waals surface area contributed by atoms with Gasteiger partial charge in [0.05, 0.1) is 6.61 Å². The predicted octanol–water partition coefficient (Wildman–Crippen LogP) is 4.05. The third kappa shape index (κ3) is 5.09. The maximum atomic E-state index is 8.69. The van der Waals surface area contributed by atoms with Gasteiger partial charge < -0.3 is 9.84 Å². The van der Waals surface area contributed by atoms with Crippen molar-refractivity contribution in [1.29, 1.82) is 0 Å². The number of ether oxygens (including phenoxy) is 1. The first-order chi connectivity index (χ1) is 8.65. The van der Waals surface area contributed by atoms with E-state index in [1.165, 1.54) is 11.1 Å². The molecule has 0 unspecified atom stereocenters. The quantitative estimate of drug-likeness (QED) is 0.705. The first-order valence-corrected chi connectivity index (χ1v) is 6.99. The summed E-state index contributed by atoms with van der Waals surface area (Å²) in [5.41, 5.74) is 2.53. The van der Waals surface area contributed by atoms with Crippen LogP contribution in [0, 0.1) is 6.92 Å². The van der Waals surface area contributed by atoms with E-state index in [2.05, 4.69) is 39.0 Å². The molecule has 1 aromatic rings. The number of unbranched alkanes of at least 4 members (excludes halogenated alkanes) is 3. The molecule has 1 rings (SSSR count). The van der Waals surface area contributed by atoms with Crippen molar-refractivity contribution in [2.24, 2.45) is 0 Å². The highest BCUT2D eigenvalue weighted by atomic mass is 16.5. The summed E-state index contributed by atoms with van der Waals surface area (Å²) in [5.74, 6) is 1.56. The Morgan fingerprint density at radius 3 is 2.50 bits per heavy atom. The molecule has 102 valence electrons. The maximum Gasteiger partial charge on any atom is 0.122 e. The highest BCUT2D eigenvalue weighted by Crippen LogP contribution is 2.24. The largest absolute Gasteiger partial charge is 0.493 e. The summed E-state index contributed by atoms with van der Waals surface area (Å²) in [4.78, 5) is 0. The van der Waals surface area contributed by atoms with Gasteiger partial charge in [-0.2, -0.15) is 0 Å². The zero-order valence-corrected chi connectivity index (χ0v) is 11.9. The maximum absolute atomic E-state index is 8.69. The Kier molecular flexibility index (Phi) is 6.81. The van der Waals surface area contributed by atoms with Crippen molar-refractivity contribution in [3.8, 4) is 5.75 Å². The number of hydrogen-bond acceptors (Lipinski definition) is 2. The van der Waals surface area contributed by atoms with Crippen molar-refractivity contribution in [1.82, 2.24) is 0 Å². The highest BCUT2D eigenvalue weighted by molar-refractivity contribution is 5.37. The van der Waals surface area contributed by atoms with Crippen LogP contribution < -0.4 is 4.74 Å². The van der Waals surface area contributed by atoms with E-state index in [1.807, 2.05) is 0 Å². The molecule has 0 saturated heterocycles. The van der Waals surface area contributed by atoms with E-state index in [1.54, 1.807) is 0 Å². The normalized spacial score (nSPS) is 10.9. The minimum atomic E-state index is 0.302. The average Bonchev–Trinajstić information content (AvgIpc) is 2.35. The molecule has 1 aromatic carbocycles. The Bertz CT molecular complexity index is 345. The number of aliphatic hydroxyl groups excluding tert-OH is 1. The Balaban J connectivity index is 2.39. The molecule has 0 saturated carbocycles. The van der Waals surface area contributed by atoms with Gasteiger partial charge in [-0.05, 0) is 49.3 Å². The Hall–Kier alpha value is -1.02. The molecule has 2 heteroatoms. The van der Waals surface area contributed by atoms with Crippen LogP contribution in [-0.2, 0) is 0 Å². The molecule has 0 aliphatic carbocycles. The third-order valence-corrected chi connectivity index (χ3v) is 3.19. The molecule has 0 aliphatic rings. The molecular weight excluding hydrogens is 224 g/mol. The molecule has 0 bridgehead atoms. The first kappa shape index (κ1) is 15.0. The molecule has 0 spiro atoms. The van der Waals surface area contributed by atoms with Crippen molar-refractivity contribution in [3.63, 3.8) is 0 Å². The van der Waals surface area contributed by atoms with E-state index in [0.717, 1.165) is 38.0 Å². The third-order valence-electron chi connectivity index (χ3n) is 3.19. The van der Waals surface area contributed by atoms with Crippen LogP contribution in [0.3, 0.4) is 0 Å². The number of rotatable bonds is 8. The molecule has 0 aliphatic heterocycles. The lowest BCUT2D eigenvalue weighted by atomic mass is 10.0. The highest BCUT2D eigenvalue weighted by Gasteiger charge is 2.04. The van der Waals surface area contributed by atoms with E-state index < -0.39 is 0 Å². The zero-order chi connectivity index (χ0) is 13.4. The van der Waals surface area contributed by atoms with Gasteiger partial charge in [0.1, 0.15) is 5.75 Å². The van der Waals surface area contributed by atoms with Gasteiger partial charge in [-0.3, -0.25) is 0 Å². The molecule has 0 radical (unpaired) electrons. The summed E-state index contributed by atoms with van der Waals surface area (Å²) >= 11 is 0. The smallest absolute Gasteiger partial charge is 0.122 e. The minimum Gasteiger partial charge on any atom is -0.493 e. The van der Waals surface area contributed by atoms with Crippen LogP contribution >= 0.6 is 0 Å². The fourth-order valence-electron chi connectivity index (χ4n) is 1.88. The van der Waals surface area contributed by atoms with Crippen molar-refractivity contribution in [3.05, 3.63) is 29.3 Å². The van der Waals surface area contributed by atoms with Gasteiger partial charge in [0.2, 0.25) is 0 Å². The number of benzene rings is 1. The lowest BCUT2D eigenvalue weighted by molar-refractivity contribution is 0.273. The molecule has 0 amide bonds. The molecule has 18 heavy (non-hydrogen) atoms. The van der Waals surface area contributed by atoms with Gasteiger partial charge in [-0.15, -0.1) is 0 Å². The lowest BCUT2D eigenvalue weighted by Gasteiger charge is -2.12. The summed E-state index contributed by atoms with van der Waals surface area (Å²) in [5, 5.41) is 8.69. The van der Waals surface area contributed by atoms with Crippen molar-refractivity contribution in [2.75, 3.05) is 13.2 Å². The Morgan fingerprint density at radius 1 is 1.11 bits per heavy atom. The van der Waals surface area contributed by atoms with E-state index >= 15 is 0 Å². The minimum absolute atomic E-state index is 0.302. The van der Waals surface area contributed by atoms with Crippen LogP contribution in [0.1, 0.15) is 56.6 Å². The fraction of sp³-hybridized carbons (Fsp3) is 0.625. The molecule has 0 fully saturated rings. The second-order valence-electron chi connectivity index (χ2n) is 5.17. The number of aliphatic hydroxyl groups is 1. The lowest BCUT2D eigenvalue weighted by Crippen LogP contribution is -2.00. The van der Waals surface area contributed by atoms with Gasteiger partial charge in [0, 0.05) is 6.61 Å². The number of hydrogen-bond donors (Lipinski definition) is 1. The van der Waals surface area contributed by atoms with Crippen LogP contribution in [0.5, 0.6) is 5.75 Å². The molecule has 2 nitrogen and oxygen atoms in total. The van der Waals surface area contributed by atoms with Crippen LogP contribution in [0.15, 0.2) is 18.2 Å². The fourth-order valence-corrected chi connectivity index (χ4v) is 1.88. The predicted molar refractivity (Wildman–Crippen MR) is 76.3 cm³/mol. The van der Waals surface area contributed by atoms with Gasteiger partial charge >= 0.3 is 0 Å². The first-order valence-electron chi connectivity index (χ1n) is 6.99. The van der Waals surface area contributed by atoms with Crippen molar-refractivity contribution >= 4 is 0 Å². The second kappa shape index (κ2) is 8.15. The van der Waals surface area contributed by atoms with Crippen molar-refractivity contribution < 1.29 is 9.84 Å². The molecule has 0 aromatic heterocycles. The second-order valence-corrected chi connectivity index (χ2v) is 5.17. The molecule has 0 atom stereocenters. The summed E-state index contributed by atoms with van der Waals surface area (Å²) < 4.78 is 5.85. The van der Waals surface area contributed by atoms with Crippen molar-refractivity contribution in [2.45, 2.75) is 52.4 Å². The van der Waals surface area contributed by atoms with E-state index in [4.69, 9.17) is 9.84 Å². The SMILES string of the molecule is Cc1ccc(C(C)C)cc1OCCCCCCO. The monoisotopic (exact) mass is 250 g/mol. The van der Waals surface area contributed by atoms with Gasteiger partial charge in [-0.25, -0.2) is 0 Å². The van der Waals surface area contributed by atoms with Crippen LogP contribution in [0.2, 0.25) is 0 Å². The summed E-state index contributed by atoms with van der Waals surface area (Å²) in [7, 11) is 0. The molecular formula is C16H26O2. The van der Waals surface area contributed by atoms with Crippen LogP contribution in [0.4, 0.5) is 0 Å². The van der Waals surface area contributed by atoms with Crippen LogP contribution in [0.25, 0.3) is 0 Å². The molecule has 0 heterocycles. The van der Waals surface area contributed by atoms with Crippen LogP contribution in [-0.4, -0.2) is 18.3 Å². The van der Waals surface area contributed by atoms with E-state index in [0.29, 0.717) is 12.5 Å². The summed E-state index contributed by atoms with van der Waals surface area (Å²) in [6.07, 6.45) is 4.18. The van der Waals surface area contributed by atoms with Gasteiger partial charge in [0.15, 0.2) is 0 Å². The topological polar surface area (TPSA) is 29.5 Å². The Morgan fingerprint density at radius 2 is 1.83 bits per heavy atom. The van der Waals surface area contributed by atoms with Gasteiger partial charge in [-0.1, -0.05) is 32.4 Å². The summed E-state index contributed by atoms with van der Waals surface area (Å²) in [6, 6.07) is 6.47. The number of aryl methyl sites for hydroxylation is 1. The Labute approximate surface area is 111 Å². The van der Waals surface area contributed by atoms with E-state index in [-0.39, 0.29) is 0 Å². The van der Waals surface area contributed by atoms with Gasteiger partial charge in [0.25, 0.3) is 0 Å². The van der Waals surface area contributed by atoms with E-state index in [9.17, 15) is 0 Å². The average molecular weight is 250 g/mol. The molecule has 1 N–H and O–H groups in total. The zero-order valence-electron chi connectivity index (χ0n) is 11.9. The summed E-state index contributed by atoms with van der Waals surface area (Å²) in [6.45, 7) is 7.56. The standard InChI is InChI=1S/C16H26O2/c1-13(2)15-9-8-14(3)16(12-15)18-11-7-5-4-6-10-17/h8-9,12-13,17H,4-7,10-11H2,1-3H3.